The van der Waals surface area contributed by atoms with E-state index in [9.17, 15) is 0 Å². The first-order valence-corrected chi connectivity index (χ1v) is 10.7. The molecule has 28 heavy (non-hydrogen) atoms. The number of piperazine rings is 1. The van der Waals surface area contributed by atoms with E-state index in [1.165, 1.54) is 5.70 Å². The molecule has 5 nitrogen and oxygen atoms in total. The van der Waals surface area contributed by atoms with Gasteiger partial charge in [0.05, 0.1) is 23.1 Å². The summed E-state index contributed by atoms with van der Waals surface area (Å²) in [5, 5.41) is 8.20. The number of anilines is 1. The minimum atomic E-state index is 0.0528. The van der Waals surface area contributed by atoms with Gasteiger partial charge in [-0.2, -0.15) is 5.10 Å². The van der Waals surface area contributed by atoms with Gasteiger partial charge < -0.3 is 9.80 Å². The highest BCUT2D eigenvalue weighted by atomic mass is 35.5. The van der Waals surface area contributed by atoms with Crippen LogP contribution in [0.3, 0.4) is 0 Å². The molecule has 0 spiro atoms. The number of hydrogen-bond donors (Lipinski definition) is 0. The topological polar surface area (TPSA) is 34.4 Å². The average Bonchev–Trinajstić information content (AvgIpc) is 2.64. The predicted octanol–water partition coefficient (Wildman–Crippen LogP) is 4.61. The molecule has 0 bridgehead atoms. The standard InChI is InChI=1S/C21H27Cl2N5/c1-13-5-6-18(27-9-7-26(4)8-10-27)21-24-14(2)15(3)25-28(21)19-12-16(22)11-17(23)20(13)19/h6,11-14H,5,7-10H2,1-4H3. The monoisotopic (exact) mass is 419 g/mol. The van der Waals surface area contributed by atoms with Gasteiger partial charge in [0, 0.05) is 36.2 Å². The molecule has 1 saturated heterocycles. The smallest absolute Gasteiger partial charge is 0.173 e. The third-order valence-electron chi connectivity index (χ3n) is 5.91. The van der Waals surface area contributed by atoms with Gasteiger partial charge in [-0.15, -0.1) is 0 Å². The summed E-state index contributed by atoms with van der Waals surface area (Å²) in [6.07, 6.45) is 3.22. The fourth-order valence-corrected chi connectivity index (χ4v) is 4.68. The number of allylic oxidation sites excluding steroid dienone is 1. The molecule has 150 valence electrons. The molecule has 1 aromatic carbocycles. The van der Waals surface area contributed by atoms with E-state index in [-0.39, 0.29) is 12.0 Å². The van der Waals surface area contributed by atoms with E-state index >= 15 is 0 Å². The maximum atomic E-state index is 6.63. The second-order valence-electron chi connectivity index (χ2n) is 8.02. The van der Waals surface area contributed by atoms with Crippen molar-refractivity contribution in [2.24, 2.45) is 10.1 Å². The van der Waals surface area contributed by atoms with Crippen molar-refractivity contribution in [1.29, 1.82) is 0 Å². The highest BCUT2D eigenvalue weighted by molar-refractivity contribution is 6.36. The summed E-state index contributed by atoms with van der Waals surface area (Å²) in [6.45, 7) is 10.4. The minimum Gasteiger partial charge on any atom is -0.366 e. The lowest BCUT2D eigenvalue weighted by Crippen LogP contribution is -2.48. The molecule has 7 heteroatoms. The maximum Gasteiger partial charge on any atom is 0.173 e. The first-order chi connectivity index (χ1) is 13.3. The van der Waals surface area contributed by atoms with E-state index in [4.69, 9.17) is 33.3 Å². The number of hydrogen-bond acceptors (Lipinski definition) is 5. The highest BCUT2D eigenvalue weighted by Crippen LogP contribution is 2.41. The van der Waals surface area contributed by atoms with Crippen molar-refractivity contribution in [2.75, 3.05) is 38.2 Å². The lowest BCUT2D eigenvalue weighted by atomic mass is 9.93. The molecule has 1 aromatic rings. The maximum absolute atomic E-state index is 6.63. The fraction of sp³-hybridized carbons (Fsp3) is 0.524. The molecule has 1 fully saturated rings. The molecule has 0 radical (unpaired) electrons. The molecule has 0 N–H and O–H groups in total. The van der Waals surface area contributed by atoms with Gasteiger partial charge in [-0.25, -0.2) is 5.01 Å². The van der Waals surface area contributed by atoms with Gasteiger partial charge in [0.2, 0.25) is 0 Å². The number of likely N-dealkylation sites (N-methyl/N-ethyl adjacent to an activating group) is 1. The number of fused-ring (bicyclic) bond motifs is 3. The number of aliphatic imine (C=N–C) groups is 1. The number of nitrogens with zero attached hydrogens (tertiary/aromatic N) is 5. The van der Waals surface area contributed by atoms with Crippen LogP contribution in [0.2, 0.25) is 10.0 Å². The summed E-state index contributed by atoms with van der Waals surface area (Å²) in [5.74, 6) is 1.16. The van der Waals surface area contributed by atoms with Gasteiger partial charge in [-0.3, -0.25) is 4.99 Å². The van der Waals surface area contributed by atoms with E-state index in [2.05, 4.69) is 36.8 Å². The molecule has 3 aliphatic rings. The lowest BCUT2D eigenvalue weighted by Gasteiger charge is -2.40. The predicted molar refractivity (Wildman–Crippen MR) is 119 cm³/mol. The van der Waals surface area contributed by atoms with Crippen LogP contribution in [0.25, 0.3) is 0 Å². The normalized spacial score (nSPS) is 25.9. The Morgan fingerprint density at radius 3 is 2.50 bits per heavy atom. The summed E-state index contributed by atoms with van der Waals surface area (Å²) in [5.41, 5.74) is 4.18. The molecule has 2 unspecified atom stereocenters. The first-order valence-electron chi connectivity index (χ1n) is 9.91. The van der Waals surface area contributed by atoms with Gasteiger partial charge in [-0.05, 0) is 50.9 Å². The molecular formula is C21H27Cl2N5. The third-order valence-corrected chi connectivity index (χ3v) is 6.44. The summed E-state index contributed by atoms with van der Waals surface area (Å²) in [6, 6.07) is 3.84. The summed E-state index contributed by atoms with van der Waals surface area (Å²) < 4.78 is 0. The number of amidine groups is 1. The van der Waals surface area contributed by atoms with Crippen LogP contribution in [0.1, 0.15) is 38.7 Å². The minimum absolute atomic E-state index is 0.0528. The Morgan fingerprint density at radius 2 is 1.79 bits per heavy atom. The Balaban J connectivity index is 1.85. The van der Waals surface area contributed by atoms with Crippen molar-refractivity contribution >= 4 is 40.4 Å². The van der Waals surface area contributed by atoms with Gasteiger partial charge in [-0.1, -0.05) is 36.2 Å². The van der Waals surface area contributed by atoms with Gasteiger partial charge >= 0.3 is 0 Å². The van der Waals surface area contributed by atoms with E-state index in [0.29, 0.717) is 10.0 Å². The number of benzene rings is 1. The Labute approximate surface area is 177 Å². The van der Waals surface area contributed by atoms with Gasteiger partial charge in [0.25, 0.3) is 0 Å². The van der Waals surface area contributed by atoms with Crippen molar-refractivity contribution in [3.8, 4) is 0 Å². The molecule has 0 aromatic heterocycles. The zero-order chi connectivity index (χ0) is 20.0. The number of halogens is 2. The zero-order valence-corrected chi connectivity index (χ0v) is 18.4. The van der Waals surface area contributed by atoms with Crippen LogP contribution in [0, 0.1) is 0 Å². The molecule has 0 amide bonds. The highest BCUT2D eigenvalue weighted by Gasteiger charge is 2.33. The van der Waals surface area contributed by atoms with Crippen molar-refractivity contribution < 1.29 is 0 Å². The summed E-state index contributed by atoms with van der Waals surface area (Å²) in [7, 11) is 2.17. The van der Waals surface area contributed by atoms with E-state index in [1.54, 1.807) is 0 Å². The number of rotatable bonds is 1. The van der Waals surface area contributed by atoms with E-state index < -0.39 is 0 Å². The number of hydrazone groups is 1. The van der Waals surface area contributed by atoms with Crippen LogP contribution < -0.4 is 5.01 Å². The van der Waals surface area contributed by atoms with E-state index in [1.807, 2.05) is 24.1 Å². The Kier molecular flexibility index (Phi) is 5.43. The lowest BCUT2D eigenvalue weighted by molar-refractivity contribution is 0.191. The molecule has 3 aliphatic heterocycles. The Bertz CT molecular complexity index is 868. The first kappa shape index (κ1) is 19.7. The molecule has 0 saturated carbocycles. The third kappa shape index (κ3) is 3.56. The second-order valence-corrected chi connectivity index (χ2v) is 8.86. The van der Waals surface area contributed by atoms with E-state index in [0.717, 1.165) is 55.4 Å². The Morgan fingerprint density at radius 1 is 1.07 bits per heavy atom. The van der Waals surface area contributed by atoms with Crippen molar-refractivity contribution in [3.63, 3.8) is 0 Å². The molecule has 3 heterocycles. The summed E-state index contributed by atoms with van der Waals surface area (Å²) >= 11 is 13.0. The van der Waals surface area contributed by atoms with Crippen LogP contribution >= 0.6 is 23.2 Å². The fourth-order valence-electron chi connectivity index (χ4n) is 4.01. The van der Waals surface area contributed by atoms with Gasteiger partial charge in [0.15, 0.2) is 5.84 Å². The van der Waals surface area contributed by atoms with Crippen molar-refractivity contribution in [1.82, 2.24) is 9.80 Å². The quantitative estimate of drug-likeness (QED) is 0.665. The van der Waals surface area contributed by atoms with Crippen LogP contribution in [0.5, 0.6) is 0 Å². The van der Waals surface area contributed by atoms with Crippen LogP contribution in [-0.2, 0) is 0 Å². The largest absolute Gasteiger partial charge is 0.366 e. The van der Waals surface area contributed by atoms with Crippen LogP contribution in [0.15, 0.2) is 34.0 Å². The summed E-state index contributed by atoms with van der Waals surface area (Å²) in [4.78, 5) is 9.85. The van der Waals surface area contributed by atoms with Crippen LogP contribution in [-0.4, -0.2) is 60.6 Å². The Hall–Kier alpha value is -1.56. The molecule has 2 atom stereocenters. The SMILES string of the molecule is CC1=NN2C(=NC1C)C(N1CCN(C)CC1)=CCC(C)c1c(Cl)cc(Cl)cc12. The molecule has 0 aliphatic carbocycles. The van der Waals surface area contributed by atoms with Gasteiger partial charge in [0.1, 0.15) is 0 Å². The molecular weight excluding hydrogens is 393 g/mol. The van der Waals surface area contributed by atoms with Crippen molar-refractivity contribution in [3.05, 3.63) is 39.5 Å². The molecule has 4 rings (SSSR count). The zero-order valence-electron chi connectivity index (χ0n) is 16.9. The van der Waals surface area contributed by atoms with Crippen molar-refractivity contribution in [2.45, 2.75) is 39.2 Å². The second kappa shape index (κ2) is 7.69. The average molecular weight is 420 g/mol. The van der Waals surface area contributed by atoms with Crippen LogP contribution in [0.4, 0.5) is 5.69 Å².